The molecule has 1 aliphatic rings. The normalized spacial score (nSPS) is 17.5. The number of amides is 3. The van der Waals surface area contributed by atoms with Gasteiger partial charge < -0.3 is 19.5 Å². The van der Waals surface area contributed by atoms with Gasteiger partial charge in [-0.1, -0.05) is 48.5 Å². The molecule has 1 saturated heterocycles. The summed E-state index contributed by atoms with van der Waals surface area (Å²) in [6, 6.07) is 19.2. The van der Waals surface area contributed by atoms with Crippen molar-refractivity contribution in [3.63, 3.8) is 0 Å². The summed E-state index contributed by atoms with van der Waals surface area (Å²) in [4.78, 5) is 28.9. The van der Waals surface area contributed by atoms with Crippen molar-refractivity contribution in [1.29, 1.82) is 0 Å². The number of nitrogens with one attached hydrogen (secondary N) is 1. The molecule has 3 amide bonds. The number of furan rings is 1. The van der Waals surface area contributed by atoms with E-state index < -0.39 is 0 Å². The van der Waals surface area contributed by atoms with Crippen molar-refractivity contribution in [2.75, 3.05) is 27.2 Å². The highest BCUT2D eigenvalue weighted by atomic mass is 16.3. The minimum Gasteiger partial charge on any atom is -0.459 e. The predicted octanol–water partition coefficient (Wildman–Crippen LogP) is 4.03. The fraction of sp³-hybridized carbons (Fsp3) is 0.333. The van der Waals surface area contributed by atoms with Crippen LogP contribution in [0.5, 0.6) is 0 Å². The summed E-state index contributed by atoms with van der Waals surface area (Å²) in [7, 11) is 3.47. The molecule has 1 aliphatic heterocycles. The second-order valence-electron chi connectivity index (χ2n) is 8.00. The largest absolute Gasteiger partial charge is 0.459 e. The molecule has 156 valence electrons. The first-order valence-corrected chi connectivity index (χ1v) is 10.3. The van der Waals surface area contributed by atoms with E-state index in [1.54, 1.807) is 23.9 Å². The van der Waals surface area contributed by atoms with Crippen LogP contribution in [0.1, 0.15) is 30.2 Å². The highest BCUT2D eigenvalue weighted by Gasteiger charge is 2.31. The lowest BCUT2D eigenvalue weighted by Gasteiger charge is -2.34. The number of rotatable bonds is 4. The van der Waals surface area contributed by atoms with E-state index in [4.69, 9.17) is 4.42 Å². The van der Waals surface area contributed by atoms with Crippen LogP contribution in [-0.4, -0.2) is 48.9 Å². The van der Waals surface area contributed by atoms with E-state index in [0.29, 0.717) is 18.8 Å². The molecule has 0 unspecified atom stereocenters. The van der Waals surface area contributed by atoms with Gasteiger partial charge in [0.2, 0.25) is 5.91 Å². The summed E-state index contributed by atoms with van der Waals surface area (Å²) in [6.07, 6.45) is 1.59. The first-order chi connectivity index (χ1) is 14.5. The number of urea groups is 1. The van der Waals surface area contributed by atoms with Gasteiger partial charge in [-0.25, -0.2) is 4.79 Å². The van der Waals surface area contributed by atoms with E-state index in [2.05, 4.69) is 5.32 Å². The molecule has 0 radical (unpaired) electrons. The van der Waals surface area contributed by atoms with Crippen LogP contribution in [0, 0.1) is 5.92 Å². The monoisotopic (exact) mass is 405 g/mol. The Morgan fingerprint density at radius 1 is 1.10 bits per heavy atom. The third-order valence-corrected chi connectivity index (χ3v) is 5.59. The van der Waals surface area contributed by atoms with Crippen molar-refractivity contribution in [2.45, 2.75) is 18.9 Å². The van der Waals surface area contributed by atoms with E-state index >= 15 is 0 Å². The molecule has 2 heterocycles. The fourth-order valence-electron chi connectivity index (χ4n) is 4.02. The van der Waals surface area contributed by atoms with Crippen molar-refractivity contribution in [1.82, 2.24) is 15.1 Å². The SMILES string of the molecule is CN(C)C(=O)N1CCC[C@H](C(=O)N[C@@H](c2ccccc2)c2cc3ccccc3o2)C1. The number of piperidine rings is 1. The van der Waals surface area contributed by atoms with E-state index in [-0.39, 0.29) is 23.9 Å². The molecule has 0 spiro atoms. The zero-order valence-corrected chi connectivity index (χ0v) is 17.4. The molecule has 30 heavy (non-hydrogen) atoms. The van der Waals surface area contributed by atoms with E-state index in [0.717, 1.165) is 29.4 Å². The van der Waals surface area contributed by atoms with Gasteiger partial charge in [-0.05, 0) is 30.5 Å². The molecular weight excluding hydrogens is 378 g/mol. The Labute approximate surface area is 176 Å². The quantitative estimate of drug-likeness (QED) is 0.713. The maximum atomic E-state index is 13.2. The van der Waals surface area contributed by atoms with Crippen LogP contribution < -0.4 is 5.32 Å². The minimum absolute atomic E-state index is 0.0515. The van der Waals surface area contributed by atoms with Gasteiger partial charge in [-0.2, -0.15) is 0 Å². The number of nitrogens with zero attached hydrogens (tertiary/aromatic N) is 2. The van der Waals surface area contributed by atoms with Crippen molar-refractivity contribution in [2.24, 2.45) is 5.92 Å². The van der Waals surface area contributed by atoms with Crippen LogP contribution in [0.25, 0.3) is 11.0 Å². The number of benzene rings is 2. The fourth-order valence-corrected chi connectivity index (χ4v) is 4.02. The van der Waals surface area contributed by atoms with Crippen molar-refractivity contribution in [3.8, 4) is 0 Å². The molecule has 2 atom stereocenters. The van der Waals surface area contributed by atoms with Crippen LogP contribution in [0.4, 0.5) is 4.79 Å². The average molecular weight is 405 g/mol. The Kier molecular flexibility index (Phi) is 5.74. The van der Waals surface area contributed by atoms with Crippen LogP contribution in [0.2, 0.25) is 0 Å². The van der Waals surface area contributed by atoms with Crippen molar-refractivity contribution < 1.29 is 14.0 Å². The van der Waals surface area contributed by atoms with Gasteiger partial charge in [-0.15, -0.1) is 0 Å². The molecular formula is C24H27N3O3. The molecule has 3 aromatic rings. The molecule has 0 saturated carbocycles. The van der Waals surface area contributed by atoms with Crippen molar-refractivity contribution >= 4 is 22.9 Å². The van der Waals surface area contributed by atoms with Gasteiger partial charge in [0.05, 0.1) is 5.92 Å². The third-order valence-electron chi connectivity index (χ3n) is 5.59. The van der Waals surface area contributed by atoms with E-state index in [9.17, 15) is 9.59 Å². The maximum Gasteiger partial charge on any atom is 0.319 e. The summed E-state index contributed by atoms with van der Waals surface area (Å²) in [5.74, 6) is 0.409. The standard InChI is InChI=1S/C24H27N3O3/c1-26(2)24(29)27-14-8-12-19(16-27)23(28)25-22(17-9-4-3-5-10-17)21-15-18-11-6-7-13-20(18)30-21/h3-7,9-11,13,15,19,22H,8,12,14,16H2,1-2H3,(H,25,28)/t19-,22-/m0/s1. The third kappa shape index (κ3) is 4.17. The summed E-state index contributed by atoms with van der Waals surface area (Å²) >= 11 is 0. The topological polar surface area (TPSA) is 65.8 Å². The molecule has 1 N–H and O–H groups in total. The van der Waals surface area contributed by atoms with Crippen LogP contribution in [0.15, 0.2) is 65.1 Å². The predicted molar refractivity (Wildman–Crippen MR) is 116 cm³/mol. The molecule has 2 aromatic carbocycles. The lowest BCUT2D eigenvalue weighted by molar-refractivity contribution is -0.127. The molecule has 0 bridgehead atoms. The van der Waals surface area contributed by atoms with E-state index in [1.165, 1.54) is 0 Å². The zero-order valence-electron chi connectivity index (χ0n) is 17.4. The molecule has 4 rings (SSSR count). The van der Waals surface area contributed by atoms with Gasteiger partial charge >= 0.3 is 6.03 Å². The molecule has 1 fully saturated rings. The molecule has 6 nitrogen and oxygen atoms in total. The zero-order chi connectivity index (χ0) is 21.1. The summed E-state index contributed by atoms with van der Waals surface area (Å²) in [5, 5.41) is 4.19. The Balaban J connectivity index is 1.57. The summed E-state index contributed by atoms with van der Waals surface area (Å²) in [5.41, 5.74) is 1.75. The second-order valence-corrected chi connectivity index (χ2v) is 8.00. The molecule has 0 aliphatic carbocycles. The number of carbonyl (C=O) groups excluding carboxylic acids is 2. The second kappa shape index (κ2) is 8.61. The summed E-state index contributed by atoms with van der Waals surface area (Å²) in [6.45, 7) is 1.12. The van der Waals surface area contributed by atoms with Gasteiger partial charge in [0, 0.05) is 32.6 Å². The number of hydrogen-bond acceptors (Lipinski definition) is 3. The van der Waals surface area contributed by atoms with Gasteiger partial charge in [0.15, 0.2) is 0 Å². The van der Waals surface area contributed by atoms with Gasteiger partial charge in [-0.3, -0.25) is 4.79 Å². The highest BCUT2D eigenvalue weighted by molar-refractivity contribution is 5.82. The summed E-state index contributed by atoms with van der Waals surface area (Å²) < 4.78 is 6.08. The Bertz CT molecular complexity index is 995. The Morgan fingerprint density at radius 2 is 1.83 bits per heavy atom. The number of fused-ring (bicyclic) bond motifs is 1. The first kappa shape index (κ1) is 20.0. The minimum atomic E-state index is -0.383. The number of para-hydroxylation sites is 1. The van der Waals surface area contributed by atoms with Crippen molar-refractivity contribution in [3.05, 3.63) is 72.0 Å². The van der Waals surface area contributed by atoms with Gasteiger partial charge in [0.25, 0.3) is 0 Å². The Hall–Kier alpha value is -3.28. The lowest BCUT2D eigenvalue weighted by Crippen LogP contribution is -2.49. The number of likely N-dealkylation sites (tertiary alicyclic amines) is 1. The number of hydrogen-bond donors (Lipinski definition) is 1. The van der Waals surface area contributed by atoms with E-state index in [1.807, 2.05) is 60.7 Å². The highest BCUT2D eigenvalue weighted by Crippen LogP contribution is 2.29. The van der Waals surface area contributed by atoms with Crippen LogP contribution in [0.3, 0.4) is 0 Å². The van der Waals surface area contributed by atoms with Crippen LogP contribution in [-0.2, 0) is 4.79 Å². The maximum absolute atomic E-state index is 13.2. The van der Waals surface area contributed by atoms with Crippen LogP contribution >= 0.6 is 0 Å². The molecule has 1 aromatic heterocycles. The first-order valence-electron chi connectivity index (χ1n) is 10.3. The average Bonchev–Trinajstić information content (AvgIpc) is 3.21. The number of carbonyl (C=O) groups is 2. The lowest BCUT2D eigenvalue weighted by atomic mass is 9.96. The Morgan fingerprint density at radius 3 is 2.57 bits per heavy atom. The smallest absolute Gasteiger partial charge is 0.319 e. The van der Waals surface area contributed by atoms with Gasteiger partial charge in [0.1, 0.15) is 17.4 Å². The molecule has 6 heteroatoms.